The van der Waals surface area contributed by atoms with Gasteiger partial charge >= 0.3 is 0 Å². The molecule has 0 aliphatic heterocycles. The molecule has 1 unspecified atom stereocenters. The Morgan fingerprint density at radius 1 is 1.00 bits per heavy atom. The van der Waals surface area contributed by atoms with E-state index < -0.39 is 0 Å². The molecule has 1 aromatic heterocycles. The van der Waals surface area contributed by atoms with Gasteiger partial charge in [0, 0.05) is 23.1 Å². The predicted molar refractivity (Wildman–Crippen MR) is 91.7 cm³/mol. The number of aromatic nitrogens is 1. The van der Waals surface area contributed by atoms with Crippen molar-refractivity contribution >= 4 is 16.5 Å². The zero-order valence-corrected chi connectivity index (χ0v) is 12.4. The van der Waals surface area contributed by atoms with E-state index in [0.29, 0.717) is 5.92 Å². The van der Waals surface area contributed by atoms with Crippen molar-refractivity contribution in [2.45, 2.75) is 25.2 Å². The van der Waals surface area contributed by atoms with Crippen LogP contribution >= 0.6 is 0 Å². The predicted octanol–water partition coefficient (Wildman–Crippen LogP) is 5.57. The van der Waals surface area contributed by atoms with Crippen LogP contribution in [-0.4, -0.2) is 4.98 Å². The van der Waals surface area contributed by atoms with Gasteiger partial charge in [0.25, 0.3) is 0 Å². The molecular formula is C21H17N. The van der Waals surface area contributed by atoms with Crippen LogP contribution in [0.15, 0.2) is 60.8 Å². The summed E-state index contributed by atoms with van der Waals surface area (Å²) in [4.78, 5) is 4.71. The second-order valence-corrected chi connectivity index (χ2v) is 6.30. The van der Waals surface area contributed by atoms with Crippen LogP contribution in [0.5, 0.6) is 0 Å². The fourth-order valence-corrected chi connectivity index (χ4v) is 4.13. The fourth-order valence-electron chi connectivity index (χ4n) is 4.13. The van der Waals surface area contributed by atoms with Crippen LogP contribution in [0.4, 0.5) is 0 Å². The summed E-state index contributed by atoms with van der Waals surface area (Å²) in [6.07, 6.45) is 8.20. The van der Waals surface area contributed by atoms with E-state index in [-0.39, 0.29) is 0 Å². The summed E-state index contributed by atoms with van der Waals surface area (Å²) in [5.74, 6) is 0.630. The highest BCUT2D eigenvalue weighted by Gasteiger charge is 2.36. The highest BCUT2D eigenvalue weighted by molar-refractivity contribution is 6.04. The van der Waals surface area contributed by atoms with E-state index in [1.54, 1.807) is 5.57 Å². The molecule has 1 nitrogen and oxygen atoms in total. The summed E-state index contributed by atoms with van der Waals surface area (Å²) >= 11 is 0. The highest BCUT2D eigenvalue weighted by Crippen LogP contribution is 2.56. The molecule has 106 valence electrons. The van der Waals surface area contributed by atoms with Gasteiger partial charge in [-0.3, -0.25) is 4.98 Å². The first kappa shape index (κ1) is 12.2. The number of benzene rings is 2. The Kier molecular flexibility index (Phi) is 2.51. The number of hydrogen-bond acceptors (Lipinski definition) is 1. The standard InChI is InChI=1S/C21H17N/c1-2-7-14(8-3-1)19-20-17-11-5-4-10-16(17)18(20)13-15-9-6-12-22-21(15)19/h1-3,6-10,12-13,17H,4-5,11H2. The third-order valence-corrected chi connectivity index (χ3v) is 5.09. The van der Waals surface area contributed by atoms with Crippen molar-refractivity contribution < 1.29 is 0 Å². The Balaban J connectivity index is 1.89. The molecule has 0 fully saturated rings. The van der Waals surface area contributed by atoms with Gasteiger partial charge in [-0.25, -0.2) is 0 Å². The van der Waals surface area contributed by atoms with Crippen molar-refractivity contribution in [2.75, 3.05) is 0 Å². The van der Waals surface area contributed by atoms with Crippen molar-refractivity contribution in [2.24, 2.45) is 0 Å². The second kappa shape index (κ2) is 4.54. The van der Waals surface area contributed by atoms with E-state index >= 15 is 0 Å². The average molecular weight is 283 g/mol. The smallest absolute Gasteiger partial charge is 0.0783 e. The molecule has 1 heterocycles. The minimum atomic E-state index is 0.630. The normalized spacial score (nSPS) is 19.1. The Hall–Kier alpha value is -2.41. The lowest BCUT2D eigenvalue weighted by Gasteiger charge is -2.39. The van der Waals surface area contributed by atoms with Gasteiger partial charge in [-0.05, 0) is 53.7 Å². The maximum atomic E-state index is 4.71. The van der Waals surface area contributed by atoms with Gasteiger partial charge in [0.2, 0.25) is 0 Å². The molecule has 0 spiro atoms. The summed E-state index contributed by atoms with van der Waals surface area (Å²) in [6, 6.07) is 17.3. The highest BCUT2D eigenvalue weighted by atomic mass is 14.7. The lowest BCUT2D eigenvalue weighted by atomic mass is 9.65. The van der Waals surface area contributed by atoms with Crippen molar-refractivity contribution in [3.8, 4) is 11.1 Å². The van der Waals surface area contributed by atoms with E-state index in [0.717, 1.165) is 5.52 Å². The van der Waals surface area contributed by atoms with Crippen molar-refractivity contribution in [3.05, 3.63) is 71.9 Å². The SMILES string of the molecule is C1=C2c3cc4cccnc4c(-c4ccccc4)c3C2CCC1. The molecule has 0 saturated carbocycles. The van der Waals surface area contributed by atoms with E-state index in [9.17, 15) is 0 Å². The quantitative estimate of drug-likeness (QED) is 0.569. The van der Waals surface area contributed by atoms with Crippen LogP contribution in [0.3, 0.4) is 0 Å². The molecule has 0 saturated heterocycles. The van der Waals surface area contributed by atoms with Crippen LogP contribution in [-0.2, 0) is 0 Å². The summed E-state index contributed by atoms with van der Waals surface area (Å²) < 4.78 is 0. The van der Waals surface area contributed by atoms with Gasteiger partial charge in [-0.1, -0.05) is 42.5 Å². The van der Waals surface area contributed by atoms with E-state index in [1.807, 2.05) is 12.3 Å². The third-order valence-electron chi connectivity index (χ3n) is 5.09. The Morgan fingerprint density at radius 2 is 1.91 bits per heavy atom. The number of fused-ring (bicyclic) bond motifs is 5. The van der Waals surface area contributed by atoms with Crippen LogP contribution in [0.25, 0.3) is 27.6 Å². The van der Waals surface area contributed by atoms with E-state index in [4.69, 9.17) is 4.98 Å². The monoisotopic (exact) mass is 283 g/mol. The zero-order chi connectivity index (χ0) is 14.5. The number of allylic oxidation sites excluding steroid dienone is 2. The molecule has 0 bridgehead atoms. The third kappa shape index (κ3) is 1.57. The summed E-state index contributed by atoms with van der Waals surface area (Å²) in [5.41, 5.74) is 8.37. The van der Waals surface area contributed by atoms with E-state index in [1.165, 1.54) is 46.9 Å². The van der Waals surface area contributed by atoms with Crippen LogP contribution in [0.1, 0.15) is 36.3 Å². The van der Waals surface area contributed by atoms with Crippen molar-refractivity contribution in [1.82, 2.24) is 4.98 Å². The minimum Gasteiger partial charge on any atom is -0.256 e. The second-order valence-electron chi connectivity index (χ2n) is 6.30. The largest absolute Gasteiger partial charge is 0.256 e. The summed E-state index contributed by atoms with van der Waals surface area (Å²) in [6.45, 7) is 0. The molecule has 5 rings (SSSR count). The van der Waals surface area contributed by atoms with Gasteiger partial charge in [0.15, 0.2) is 0 Å². The summed E-state index contributed by atoms with van der Waals surface area (Å²) in [7, 11) is 0. The number of rotatable bonds is 1. The van der Waals surface area contributed by atoms with E-state index in [2.05, 4.69) is 48.5 Å². The molecule has 0 amide bonds. The van der Waals surface area contributed by atoms with Crippen molar-refractivity contribution in [1.29, 1.82) is 0 Å². The number of pyridine rings is 1. The van der Waals surface area contributed by atoms with Gasteiger partial charge in [-0.15, -0.1) is 0 Å². The molecule has 1 heteroatoms. The Bertz CT molecular complexity index is 906. The van der Waals surface area contributed by atoms with Gasteiger partial charge in [0.05, 0.1) is 5.52 Å². The maximum absolute atomic E-state index is 4.71. The lowest BCUT2D eigenvalue weighted by Crippen LogP contribution is -2.20. The fraction of sp³-hybridized carbons (Fsp3) is 0.190. The van der Waals surface area contributed by atoms with Gasteiger partial charge in [-0.2, -0.15) is 0 Å². The first-order chi connectivity index (χ1) is 10.9. The molecule has 0 N–H and O–H groups in total. The summed E-state index contributed by atoms with van der Waals surface area (Å²) in [5, 5.41) is 1.25. The molecule has 2 aliphatic carbocycles. The molecule has 3 aromatic rings. The Morgan fingerprint density at radius 3 is 2.82 bits per heavy atom. The van der Waals surface area contributed by atoms with Gasteiger partial charge < -0.3 is 0 Å². The lowest BCUT2D eigenvalue weighted by molar-refractivity contribution is 0.644. The molecule has 1 atom stereocenters. The minimum absolute atomic E-state index is 0.630. The van der Waals surface area contributed by atoms with Crippen LogP contribution in [0, 0.1) is 0 Å². The topological polar surface area (TPSA) is 12.9 Å². The Labute approximate surface area is 130 Å². The van der Waals surface area contributed by atoms with Crippen LogP contribution < -0.4 is 0 Å². The zero-order valence-electron chi connectivity index (χ0n) is 12.4. The molecule has 22 heavy (non-hydrogen) atoms. The average Bonchev–Trinajstić information content (AvgIpc) is 2.59. The number of nitrogens with zero attached hydrogens (tertiary/aromatic N) is 1. The molecule has 2 aromatic carbocycles. The maximum Gasteiger partial charge on any atom is 0.0783 e. The number of hydrogen-bond donors (Lipinski definition) is 0. The first-order valence-electron chi connectivity index (χ1n) is 8.11. The first-order valence-corrected chi connectivity index (χ1v) is 8.11. The van der Waals surface area contributed by atoms with Crippen molar-refractivity contribution in [3.63, 3.8) is 0 Å². The van der Waals surface area contributed by atoms with Crippen LogP contribution in [0.2, 0.25) is 0 Å². The molecular weight excluding hydrogens is 266 g/mol. The van der Waals surface area contributed by atoms with Gasteiger partial charge in [0.1, 0.15) is 0 Å². The molecule has 2 aliphatic rings. The molecule has 0 radical (unpaired) electrons.